The third-order valence-electron chi connectivity index (χ3n) is 4.91. The largest absolute Gasteiger partial charge is 0.388 e. The molecular weight excluding hydrogens is 324 g/mol. The molecular formula is C22H26N2O2. The van der Waals surface area contributed by atoms with E-state index in [0.29, 0.717) is 19.6 Å². The number of β-amino-alcohol motifs (C(OH)–C–C–N with tert-alkyl or cyclic N) is 1. The lowest BCUT2D eigenvalue weighted by atomic mass is 9.90. The molecule has 1 amide bonds. The first-order chi connectivity index (χ1) is 12.7. The van der Waals surface area contributed by atoms with Crippen LogP contribution in [0.2, 0.25) is 0 Å². The predicted octanol–water partition coefficient (Wildman–Crippen LogP) is 2.51. The van der Waals surface area contributed by atoms with Crippen LogP contribution >= 0.6 is 0 Å². The molecule has 136 valence electrons. The van der Waals surface area contributed by atoms with E-state index in [1.807, 2.05) is 65.6 Å². The van der Waals surface area contributed by atoms with Crippen LogP contribution in [0.15, 0.2) is 73.3 Å². The molecule has 1 fully saturated rings. The van der Waals surface area contributed by atoms with E-state index in [1.54, 1.807) is 6.08 Å². The molecule has 4 heteroatoms. The van der Waals surface area contributed by atoms with Gasteiger partial charge in [0.2, 0.25) is 5.91 Å². The van der Waals surface area contributed by atoms with Crippen LogP contribution in [0, 0.1) is 0 Å². The minimum absolute atomic E-state index is 0.145. The number of aliphatic hydroxyl groups excluding tert-OH is 1. The van der Waals surface area contributed by atoms with Gasteiger partial charge in [-0.1, -0.05) is 66.7 Å². The van der Waals surface area contributed by atoms with Crippen molar-refractivity contribution in [1.82, 2.24) is 9.80 Å². The highest BCUT2D eigenvalue weighted by Crippen LogP contribution is 2.27. The highest BCUT2D eigenvalue weighted by atomic mass is 16.3. The number of carbonyl (C=O) groups excluding carboxylic acids is 1. The standard InChI is InChI=1S/C22H26N2O2/c1-2-20(25)17-23-13-15-24(16-14-23)22(26)21(18-9-5-3-6-10-18)19-11-7-4-8-12-19/h2-12,20-21,25H,1,13-17H2. The van der Waals surface area contributed by atoms with Gasteiger partial charge < -0.3 is 10.0 Å². The Hall–Kier alpha value is -2.43. The Labute approximate surface area is 155 Å². The second-order valence-corrected chi connectivity index (χ2v) is 6.68. The number of rotatable bonds is 6. The predicted molar refractivity (Wildman–Crippen MR) is 104 cm³/mol. The van der Waals surface area contributed by atoms with Gasteiger partial charge in [-0.2, -0.15) is 0 Å². The monoisotopic (exact) mass is 350 g/mol. The molecule has 26 heavy (non-hydrogen) atoms. The van der Waals surface area contributed by atoms with Gasteiger partial charge in [-0.05, 0) is 11.1 Å². The number of amides is 1. The van der Waals surface area contributed by atoms with E-state index < -0.39 is 6.10 Å². The summed E-state index contributed by atoms with van der Waals surface area (Å²) in [5, 5.41) is 9.73. The van der Waals surface area contributed by atoms with Gasteiger partial charge in [0, 0.05) is 32.7 Å². The highest BCUT2D eigenvalue weighted by molar-refractivity contribution is 5.87. The van der Waals surface area contributed by atoms with Crippen molar-refractivity contribution in [3.63, 3.8) is 0 Å². The van der Waals surface area contributed by atoms with Gasteiger partial charge in [0.25, 0.3) is 0 Å². The third-order valence-corrected chi connectivity index (χ3v) is 4.91. The fourth-order valence-electron chi connectivity index (χ4n) is 3.44. The lowest BCUT2D eigenvalue weighted by Crippen LogP contribution is -2.51. The number of nitrogens with zero attached hydrogens (tertiary/aromatic N) is 2. The van der Waals surface area contributed by atoms with Crippen LogP contribution in [-0.4, -0.2) is 59.6 Å². The Kier molecular flexibility index (Phi) is 6.21. The van der Waals surface area contributed by atoms with Crippen LogP contribution in [0.25, 0.3) is 0 Å². The minimum atomic E-state index is -0.515. The van der Waals surface area contributed by atoms with Crippen molar-refractivity contribution in [2.24, 2.45) is 0 Å². The molecule has 2 aromatic carbocycles. The number of piperazine rings is 1. The second kappa shape index (κ2) is 8.79. The Morgan fingerprint density at radius 2 is 1.46 bits per heavy atom. The van der Waals surface area contributed by atoms with Gasteiger partial charge in [0.15, 0.2) is 0 Å². The zero-order valence-electron chi connectivity index (χ0n) is 15.0. The SMILES string of the molecule is C=CC(O)CN1CCN(C(=O)C(c2ccccc2)c2ccccc2)CC1. The number of carbonyl (C=O) groups is 1. The zero-order valence-corrected chi connectivity index (χ0v) is 15.0. The molecule has 0 aromatic heterocycles. The normalized spacial score (nSPS) is 16.5. The fraction of sp³-hybridized carbons (Fsp3) is 0.318. The topological polar surface area (TPSA) is 43.8 Å². The molecule has 2 aromatic rings. The molecule has 3 rings (SSSR count). The molecule has 0 radical (unpaired) electrons. The Morgan fingerprint density at radius 3 is 1.92 bits per heavy atom. The van der Waals surface area contributed by atoms with Gasteiger partial charge >= 0.3 is 0 Å². The molecule has 0 aliphatic carbocycles. The summed E-state index contributed by atoms with van der Waals surface area (Å²) in [7, 11) is 0. The van der Waals surface area contributed by atoms with E-state index in [2.05, 4.69) is 11.5 Å². The minimum Gasteiger partial charge on any atom is -0.388 e. The Balaban J connectivity index is 1.74. The molecule has 1 N–H and O–H groups in total. The van der Waals surface area contributed by atoms with Crippen LogP contribution in [0.1, 0.15) is 17.0 Å². The maximum Gasteiger partial charge on any atom is 0.234 e. The lowest BCUT2D eigenvalue weighted by Gasteiger charge is -2.37. The first kappa shape index (κ1) is 18.4. The van der Waals surface area contributed by atoms with E-state index in [0.717, 1.165) is 24.2 Å². The third kappa shape index (κ3) is 4.40. The molecule has 0 bridgehead atoms. The fourth-order valence-corrected chi connectivity index (χ4v) is 3.44. The molecule has 4 nitrogen and oxygen atoms in total. The summed E-state index contributed by atoms with van der Waals surface area (Å²) < 4.78 is 0. The van der Waals surface area contributed by atoms with Crippen molar-refractivity contribution in [1.29, 1.82) is 0 Å². The van der Waals surface area contributed by atoms with Crippen LogP contribution in [-0.2, 0) is 4.79 Å². The summed E-state index contributed by atoms with van der Waals surface area (Å²) >= 11 is 0. The number of hydrogen-bond donors (Lipinski definition) is 1. The molecule has 1 aliphatic heterocycles. The lowest BCUT2D eigenvalue weighted by molar-refractivity contribution is -0.133. The van der Waals surface area contributed by atoms with Gasteiger partial charge in [-0.25, -0.2) is 0 Å². The average Bonchev–Trinajstić information content (AvgIpc) is 2.70. The van der Waals surface area contributed by atoms with Crippen molar-refractivity contribution in [3.05, 3.63) is 84.4 Å². The van der Waals surface area contributed by atoms with Gasteiger partial charge in [0.05, 0.1) is 12.0 Å². The molecule has 1 atom stereocenters. The van der Waals surface area contributed by atoms with E-state index in [9.17, 15) is 9.90 Å². The van der Waals surface area contributed by atoms with Crippen molar-refractivity contribution in [2.75, 3.05) is 32.7 Å². The molecule has 1 heterocycles. The average molecular weight is 350 g/mol. The maximum absolute atomic E-state index is 13.3. The Bertz CT molecular complexity index is 670. The van der Waals surface area contributed by atoms with Crippen LogP contribution in [0.4, 0.5) is 0 Å². The van der Waals surface area contributed by atoms with Crippen molar-refractivity contribution in [2.45, 2.75) is 12.0 Å². The summed E-state index contributed by atoms with van der Waals surface area (Å²) in [6, 6.07) is 19.9. The first-order valence-electron chi connectivity index (χ1n) is 9.10. The molecule has 0 saturated carbocycles. The van der Waals surface area contributed by atoms with Crippen molar-refractivity contribution < 1.29 is 9.90 Å². The molecule has 1 unspecified atom stereocenters. The van der Waals surface area contributed by atoms with Gasteiger partial charge in [-0.15, -0.1) is 6.58 Å². The van der Waals surface area contributed by atoms with Gasteiger partial charge in [0.1, 0.15) is 0 Å². The number of hydrogen-bond acceptors (Lipinski definition) is 3. The molecule has 1 saturated heterocycles. The summed E-state index contributed by atoms with van der Waals surface area (Å²) in [5.74, 6) is -0.131. The van der Waals surface area contributed by atoms with Crippen LogP contribution in [0.3, 0.4) is 0 Å². The van der Waals surface area contributed by atoms with Crippen molar-refractivity contribution in [3.8, 4) is 0 Å². The highest BCUT2D eigenvalue weighted by Gasteiger charge is 2.29. The van der Waals surface area contributed by atoms with E-state index in [1.165, 1.54) is 0 Å². The summed E-state index contributed by atoms with van der Waals surface area (Å²) in [5.41, 5.74) is 2.04. The van der Waals surface area contributed by atoms with Crippen molar-refractivity contribution >= 4 is 5.91 Å². The smallest absolute Gasteiger partial charge is 0.234 e. The molecule has 0 spiro atoms. The number of aliphatic hydroxyl groups is 1. The number of benzene rings is 2. The summed E-state index contributed by atoms with van der Waals surface area (Å²) in [6.07, 6.45) is 1.04. The maximum atomic E-state index is 13.3. The van der Waals surface area contributed by atoms with E-state index in [4.69, 9.17) is 0 Å². The van der Waals surface area contributed by atoms with Gasteiger partial charge in [-0.3, -0.25) is 9.69 Å². The summed E-state index contributed by atoms with van der Waals surface area (Å²) in [6.45, 7) is 7.09. The summed E-state index contributed by atoms with van der Waals surface area (Å²) in [4.78, 5) is 17.4. The van der Waals surface area contributed by atoms with E-state index >= 15 is 0 Å². The van der Waals surface area contributed by atoms with Crippen LogP contribution < -0.4 is 0 Å². The first-order valence-corrected chi connectivity index (χ1v) is 9.10. The van der Waals surface area contributed by atoms with E-state index in [-0.39, 0.29) is 11.8 Å². The second-order valence-electron chi connectivity index (χ2n) is 6.68. The Morgan fingerprint density at radius 1 is 0.962 bits per heavy atom. The molecule has 1 aliphatic rings. The quantitative estimate of drug-likeness (QED) is 0.814. The van der Waals surface area contributed by atoms with Crippen LogP contribution in [0.5, 0.6) is 0 Å². The zero-order chi connectivity index (χ0) is 18.4.